The van der Waals surface area contributed by atoms with Gasteiger partial charge >= 0.3 is 5.97 Å². The lowest BCUT2D eigenvalue weighted by Gasteiger charge is -2.27. The summed E-state index contributed by atoms with van der Waals surface area (Å²) in [6.07, 6.45) is 0.743. The van der Waals surface area contributed by atoms with E-state index < -0.39 is 6.04 Å². The van der Waals surface area contributed by atoms with Crippen molar-refractivity contribution in [3.63, 3.8) is 0 Å². The Morgan fingerprint density at radius 2 is 2.05 bits per heavy atom. The molecule has 1 aromatic carbocycles. The minimum Gasteiger partial charge on any atom is -0.464 e. The van der Waals surface area contributed by atoms with Gasteiger partial charge in [-0.1, -0.05) is 19.1 Å². The summed E-state index contributed by atoms with van der Waals surface area (Å²) in [7, 11) is 0. The zero-order valence-electron chi connectivity index (χ0n) is 12.0. The average Bonchev–Trinajstić information content (AvgIpc) is 2.90. The molecule has 1 aromatic rings. The third-order valence-corrected chi connectivity index (χ3v) is 4.56. The van der Waals surface area contributed by atoms with Crippen molar-refractivity contribution in [2.75, 3.05) is 12.4 Å². The quantitative estimate of drug-likeness (QED) is 0.802. The van der Waals surface area contributed by atoms with E-state index in [4.69, 9.17) is 4.74 Å². The normalized spacial score (nSPS) is 21.4. The minimum atomic E-state index is -0.575. The van der Waals surface area contributed by atoms with Crippen LogP contribution in [0.5, 0.6) is 0 Å². The van der Waals surface area contributed by atoms with Crippen LogP contribution in [0, 0.1) is 5.82 Å². The van der Waals surface area contributed by atoms with Crippen molar-refractivity contribution in [1.29, 1.82) is 0 Å². The van der Waals surface area contributed by atoms with Crippen LogP contribution in [0.25, 0.3) is 0 Å². The van der Waals surface area contributed by atoms with Gasteiger partial charge in [-0.2, -0.15) is 0 Å². The topological polar surface area (TPSA) is 46.6 Å². The highest BCUT2D eigenvalue weighted by Gasteiger charge is 2.41. The van der Waals surface area contributed by atoms with Gasteiger partial charge in [0.1, 0.15) is 17.2 Å². The Balaban J connectivity index is 2.18. The third kappa shape index (κ3) is 3.56. The Labute approximate surface area is 127 Å². The van der Waals surface area contributed by atoms with Crippen LogP contribution in [0.15, 0.2) is 24.3 Å². The van der Waals surface area contributed by atoms with Gasteiger partial charge in [-0.15, -0.1) is 11.8 Å². The molecule has 1 aliphatic rings. The molecule has 1 aliphatic heterocycles. The minimum absolute atomic E-state index is 0.187. The Morgan fingerprint density at radius 3 is 2.62 bits per heavy atom. The Kier molecular flexibility index (Phi) is 5.22. The van der Waals surface area contributed by atoms with Crippen LogP contribution in [0.2, 0.25) is 0 Å². The standard InChI is InChI=1S/C15H18FNO3S/c1-3-8-20-15(19)13-9-21-14(17(13)10(2)18)11-4-6-12(16)7-5-11/h4-7,13-14H,3,8-9H2,1-2H3. The van der Waals surface area contributed by atoms with Gasteiger partial charge in [0.05, 0.1) is 6.61 Å². The van der Waals surface area contributed by atoms with Crippen molar-refractivity contribution < 1.29 is 18.7 Å². The number of carbonyl (C=O) groups is 2. The average molecular weight is 311 g/mol. The Morgan fingerprint density at radius 1 is 1.38 bits per heavy atom. The number of thioether (sulfide) groups is 1. The SMILES string of the molecule is CCCOC(=O)C1CSC(c2ccc(F)cc2)N1C(C)=O. The second kappa shape index (κ2) is 6.93. The summed E-state index contributed by atoms with van der Waals surface area (Å²) in [5, 5.41) is -0.276. The molecule has 2 atom stereocenters. The maximum Gasteiger partial charge on any atom is 0.329 e. The van der Waals surface area contributed by atoms with Crippen LogP contribution in [-0.4, -0.2) is 35.2 Å². The molecule has 1 fully saturated rings. The van der Waals surface area contributed by atoms with Crippen LogP contribution in [0.3, 0.4) is 0 Å². The van der Waals surface area contributed by atoms with Crippen LogP contribution < -0.4 is 0 Å². The second-order valence-electron chi connectivity index (χ2n) is 4.85. The smallest absolute Gasteiger partial charge is 0.329 e. The molecule has 1 heterocycles. The van der Waals surface area contributed by atoms with Crippen molar-refractivity contribution in [1.82, 2.24) is 4.90 Å². The summed E-state index contributed by atoms with van der Waals surface area (Å²) in [5.41, 5.74) is 0.808. The van der Waals surface area contributed by atoms with E-state index in [-0.39, 0.29) is 23.1 Å². The first kappa shape index (κ1) is 15.8. The molecule has 0 aliphatic carbocycles. The van der Waals surface area contributed by atoms with Crippen molar-refractivity contribution >= 4 is 23.6 Å². The molecule has 2 unspecified atom stereocenters. The van der Waals surface area contributed by atoms with Gasteiger partial charge < -0.3 is 9.64 Å². The van der Waals surface area contributed by atoms with Crippen LogP contribution >= 0.6 is 11.8 Å². The fourth-order valence-corrected chi connectivity index (χ4v) is 3.72. The van der Waals surface area contributed by atoms with Crippen molar-refractivity contribution in [3.8, 4) is 0 Å². The summed E-state index contributed by atoms with van der Waals surface area (Å²) in [4.78, 5) is 25.5. The maximum atomic E-state index is 13.0. The first-order chi connectivity index (χ1) is 10.0. The highest BCUT2D eigenvalue weighted by Crippen LogP contribution is 2.41. The number of halogens is 1. The zero-order chi connectivity index (χ0) is 15.4. The molecule has 0 radical (unpaired) electrons. The Bertz CT molecular complexity index is 520. The predicted molar refractivity (Wildman–Crippen MR) is 79.2 cm³/mol. The summed E-state index contributed by atoms with van der Waals surface area (Å²) in [6.45, 7) is 3.70. The highest BCUT2D eigenvalue weighted by atomic mass is 32.2. The predicted octanol–water partition coefficient (Wildman–Crippen LogP) is 2.74. The van der Waals surface area contributed by atoms with Crippen LogP contribution in [0.1, 0.15) is 31.2 Å². The van der Waals surface area contributed by atoms with Crippen LogP contribution in [-0.2, 0) is 14.3 Å². The lowest BCUT2D eigenvalue weighted by atomic mass is 10.1. The fraction of sp³-hybridized carbons (Fsp3) is 0.467. The fourth-order valence-electron chi connectivity index (χ4n) is 2.26. The monoisotopic (exact) mass is 311 g/mol. The van der Waals surface area contributed by atoms with Gasteiger partial charge in [-0.05, 0) is 24.1 Å². The van der Waals surface area contributed by atoms with Crippen LogP contribution in [0.4, 0.5) is 4.39 Å². The molecule has 0 bridgehead atoms. The number of nitrogens with zero attached hydrogens (tertiary/aromatic N) is 1. The summed E-state index contributed by atoms with van der Waals surface area (Å²) >= 11 is 1.49. The van der Waals surface area contributed by atoms with Crippen molar-refractivity contribution in [2.45, 2.75) is 31.7 Å². The second-order valence-corrected chi connectivity index (χ2v) is 5.96. The number of esters is 1. The summed E-state index contributed by atoms with van der Waals surface area (Å²) < 4.78 is 18.2. The first-order valence-corrected chi connectivity index (χ1v) is 7.92. The van der Waals surface area contributed by atoms with E-state index in [1.807, 2.05) is 6.92 Å². The molecular formula is C15H18FNO3S. The number of carbonyl (C=O) groups excluding carboxylic acids is 2. The number of hydrogen-bond donors (Lipinski definition) is 0. The molecule has 4 nitrogen and oxygen atoms in total. The Hall–Kier alpha value is -1.56. The van der Waals surface area contributed by atoms with E-state index in [0.717, 1.165) is 12.0 Å². The largest absolute Gasteiger partial charge is 0.464 e. The van der Waals surface area contributed by atoms with E-state index in [1.54, 1.807) is 12.1 Å². The molecule has 1 saturated heterocycles. The lowest BCUT2D eigenvalue weighted by molar-refractivity contribution is -0.153. The van der Waals surface area contributed by atoms with Gasteiger partial charge in [-0.25, -0.2) is 9.18 Å². The van der Waals surface area contributed by atoms with Crippen molar-refractivity contribution in [2.24, 2.45) is 0 Å². The molecule has 114 valence electrons. The van der Waals surface area contributed by atoms with Gasteiger partial charge in [0.15, 0.2) is 0 Å². The van der Waals surface area contributed by atoms with E-state index in [2.05, 4.69) is 0 Å². The molecule has 0 saturated carbocycles. The van der Waals surface area contributed by atoms with E-state index in [1.165, 1.54) is 35.7 Å². The molecular weight excluding hydrogens is 293 g/mol. The molecule has 6 heteroatoms. The molecule has 0 spiro atoms. The molecule has 1 amide bonds. The van der Waals surface area contributed by atoms with Crippen molar-refractivity contribution in [3.05, 3.63) is 35.6 Å². The van der Waals surface area contributed by atoms with Gasteiger partial charge in [0.25, 0.3) is 0 Å². The molecule has 0 N–H and O–H groups in total. The zero-order valence-corrected chi connectivity index (χ0v) is 12.9. The summed E-state index contributed by atoms with van der Waals surface area (Å²) in [6, 6.07) is 5.42. The number of hydrogen-bond acceptors (Lipinski definition) is 4. The number of benzene rings is 1. The van der Waals surface area contributed by atoms with Gasteiger partial charge in [0.2, 0.25) is 5.91 Å². The summed E-state index contributed by atoms with van der Waals surface area (Å²) in [5.74, 6) is -0.392. The van der Waals surface area contributed by atoms with E-state index >= 15 is 0 Å². The molecule has 2 rings (SSSR count). The van der Waals surface area contributed by atoms with Gasteiger partial charge in [0, 0.05) is 12.7 Å². The number of amides is 1. The molecule has 21 heavy (non-hydrogen) atoms. The third-order valence-electron chi connectivity index (χ3n) is 3.24. The lowest BCUT2D eigenvalue weighted by Crippen LogP contribution is -2.42. The van der Waals surface area contributed by atoms with Gasteiger partial charge in [-0.3, -0.25) is 4.79 Å². The first-order valence-electron chi connectivity index (χ1n) is 6.87. The number of ether oxygens (including phenoxy) is 1. The number of rotatable bonds is 4. The highest BCUT2D eigenvalue weighted by molar-refractivity contribution is 7.99. The van der Waals surface area contributed by atoms with E-state index in [9.17, 15) is 14.0 Å². The molecule has 0 aromatic heterocycles. The maximum absolute atomic E-state index is 13.0. The van der Waals surface area contributed by atoms with E-state index in [0.29, 0.717) is 12.4 Å².